The molecule has 8 heteroatoms. The summed E-state index contributed by atoms with van der Waals surface area (Å²) in [6, 6.07) is 2.09. The van der Waals surface area contributed by atoms with Gasteiger partial charge in [-0.2, -0.15) is 13.2 Å². The molecule has 0 fully saturated rings. The number of carbonyl (C=O) groups is 1. The first-order chi connectivity index (χ1) is 9.84. The van der Waals surface area contributed by atoms with Crippen LogP contribution in [0.25, 0.3) is 0 Å². The van der Waals surface area contributed by atoms with Gasteiger partial charge >= 0.3 is 12.1 Å². The van der Waals surface area contributed by atoms with Crippen LogP contribution < -0.4 is 5.32 Å². The zero-order valence-corrected chi connectivity index (χ0v) is 11.3. The molecule has 1 aromatic rings. The number of ether oxygens (including phenoxy) is 2. The maximum Gasteiger partial charge on any atom is 0.416 e. The third-order valence-electron chi connectivity index (χ3n) is 2.38. The fraction of sp³-hybridized carbons (Fsp3) is 0.462. The molecule has 0 spiro atoms. The van der Waals surface area contributed by atoms with Crippen molar-refractivity contribution >= 4 is 11.7 Å². The van der Waals surface area contributed by atoms with Crippen molar-refractivity contribution in [3.8, 4) is 0 Å². The number of esters is 1. The van der Waals surface area contributed by atoms with E-state index in [-0.39, 0.29) is 32.1 Å². The Kier molecular flexibility index (Phi) is 6.41. The summed E-state index contributed by atoms with van der Waals surface area (Å²) in [5.74, 6) is -1.34. The highest BCUT2D eigenvalue weighted by molar-refractivity contribution is 5.70. The molecule has 0 heterocycles. The molecular weight excluding hydrogens is 294 g/mol. The molecule has 0 aliphatic heterocycles. The van der Waals surface area contributed by atoms with Gasteiger partial charge in [-0.05, 0) is 25.1 Å². The minimum Gasteiger partial charge on any atom is -0.464 e. The molecule has 0 atom stereocenters. The van der Waals surface area contributed by atoms with E-state index in [9.17, 15) is 22.4 Å². The van der Waals surface area contributed by atoms with E-state index in [0.29, 0.717) is 12.1 Å². The van der Waals surface area contributed by atoms with Gasteiger partial charge < -0.3 is 14.8 Å². The van der Waals surface area contributed by atoms with Crippen LogP contribution in [0.4, 0.5) is 23.2 Å². The molecule has 0 saturated carbocycles. The lowest BCUT2D eigenvalue weighted by molar-refractivity contribution is -0.148. The smallest absolute Gasteiger partial charge is 0.416 e. The van der Waals surface area contributed by atoms with E-state index in [1.165, 1.54) is 0 Å². The summed E-state index contributed by atoms with van der Waals surface area (Å²) < 4.78 is 60.3. The van der Waals surface area contributed by atoms with E-state index in [1.54, 1.807) is 6.92 Å². The Hall–Kier alpha value is -1.83. The van der Waals surface area contributed by atoms with Crippen molar-refractivity contribution in [2.75, 3.05) is 31.7 Å². The van der Waals surface area contributed by atoms with Crippen molar-refractivity contribution in [1.29, 1.82) is 0 Å². The van der Waals surface area contributed by atoms with Gasteiger partial charge in [0.15, 0.2) is 0 Å². The maximum absolute atomic E-state index is 13.4. The number of carbonyl (C=O) groups excluding carboxylic acids is 1. The molecule has 1 rings (SSSR count). The summed E-state index contributed by atoms with van der Waals surface area (Å²) in [5.41, 5.74) is -1.22. The summed E-state index contributed by atoms with van der Waals surface area (Å²) in [6.45, 7) is 1.69. The van der Waals surface area contributed by atoms with Gasteiger partial charge in [0, 0.05) is 6.54 Å². The molecule has 118 valence electrons. The molecule has 0 radical (unpaired) electrons. The van der Waals surface area contributed by atoms with Gasteiger partial charge in [-0.3, -0.25) is 0 Å². The Morgan fingerprint density at radius 1 is 1.33 bits per heavy atom. The van der Waals surface area contributed by atoms with Crippen LogP contribution in [0.15, 0.2) is 18.2 Å². The zero-order chi connectivity index (χ0) is 15.9. The van der Waals surface area contributed by atoms with E-state index in [4.69, 9.17) is 4.74 Å². The minimum atomic E-state index is -4.54. The van der Waals surface area contributed by atoms with Crippen molar-refractivity contribution in [2.24, 2.45) is 0 Å². The third kappa shape index (κ3) is 5.99. The summed E-state index contributed by atoms with van der Waals surface area (Å²) in [6.07, 6.45) is -4.54. The van der Waals surface area contributed by atoms with Gasteiger partial charge in [-0.25, -0.2) is 9.18 Å². The largest absolute Gasteiger partial charge is 0.464 e. The van der Waals surface area contributed by atoms with Crippen LogP contribution in [0.1, 0.15) is 12.5 Å². The minimum absolute atomic E-state index is 0.0223. The number of nitrogens with one attached hydrogen (secondary N) is 1. The van der Waals surface area contributed by atoms with Crippen LogP contribution in [-0.2, 0) is 20.4 Å². The highest BCUT2D eigenvalue weighted by Gasteiger charge is 2.31. The molecule has 0 amide bonds. The van der Waals surface area contributed by atoms with Gasteiger partial charge in [0.2, 0.25) is 0 Å². The Labute approximate surface area is 119 Å². The molecule has 4 nitrogen and oxygen atoms in total. The van der Waals surface area contributed by atoms with Crippen LogP contribution >= 0.6 is 0 Å². The first-order valence-corrected chi connectivity index (χ1v) is 6.18. The second kappa shape index (κ2) is 7.82. The summed E-state index contributed by atoms with van der Waals surface area (Å²) in [7, 11) is 0. The van der Waals surface area contributed by atoms with Crippen molar-refractivity contribution in [3.63, 3.8) is 0 Å². The monoisotopic (exact) mass is 309 g/mol. The Morgan fingerprint density at radius 3 is 2.67 bits per heavy atom. The van der Waals surface area contributed by atoms with Crippen molar-refractivity contribution < 1.29 is 31.8 Å². The summed E-state index contributed by atoms with van der Waals surface area (Å²) in [4.78, 5) is 10.9. The van der Waals surface area contributed by atoms with Crippen LogP contribution in [-0.4, -0.2) is 32.3 Å². The van der Waals surface area contributed by atoms with Crippen molar-refractivity contribution in [3.05, 3.63) is 29.6 Å². The standard InChI is InChI=1S/C13H15F4NO3/c1-2-21-12(19)8-20-6-5-18-11-7-9(13(15,16)17)3-4-10(11)14/h3-4,7,18H,2,5-6,8H2,1H3. The highest BCUT2D eigenvalue weighted by Crippen LogP contribution is 2.31. The van der Waals surface area contributed by atoms with Gasteiger partial charge in [0.25, 0.3) is 0 Å². The van der Waals surface area contributed by atoms with Gasteiger partial charge in [-0.15, -0.1) is 0 Å². The lowest BCUT2D eigenvalue weighted by atomic mass is 10.2. The average molecular weight is 309 g/mol. The SMILES string of the molecule is CCOC(=O)COCCNc1cc(C(F)(F)F)ccc1F. The van der Waals surface area contributed by atoms with Crippen LogP contribution in [0.2, 0.25) is 0 Å². The molecule has 0 unspecified atom stereocenters. The van der Waals surface area contributed by atoms with E-state index < -0.39 is 23.5 Å². The second-order valence-electron chi connectivity index (χ2n) is 3.98. The normalized spacial score (nSPS) is 11.3. The number of anilines is 1. The topological polar surface area (TPSA) is 47.6 Å². The molecule has 0 aliphatic carbocycles. The number of benzene rings is 1. The lowest BCUT2D eigenvalue weighted by Crippen LogP contribution is -2.17. The Morgan fingerprint density at radius 2 is 2.05 bits per heavy atom. The molecule has 21 heavy (non-hydrogen) atoms. The molecule has 1 N–H and O–H groups in total. The van der Waals surface area contributed by atoms with Gasteiger partial charge in [0.05, 0.1) is 24.5 Å². The predicted octanol–water partition coefficient (Wildman–Crippen LogP) is 2.84. The molecule has 1 aromatic carbocycles. The third-order valence-corrected chi connectivity index (χ3v) is 2.38. The summed E-state index contributed by atoms with van der Waals surface area (Å²) in [5, 5.41) is 2.48. The fourth-order valence-electron chi connectivity index (χ4n) is 1.45. The van der Waals surface area contributed by atoms with E-state index in [0.717, 1.165) is 6.07 Å². The maximum atomic E-state index is 13.4. The highest BCUT2D eigenvalue weighted by atomic mass is 19.4. The quantitative estimate of drug-likeness (QED) is 0.478. The van der Waals surface area contributed by atoms with Crippen molar-refractivity contribution in [2.45, 2.75) is 13.1 Å². The zero-order valence-electron chi connectivity index (χ0n) is 11.3. The fourth-order valence-corrected chi connectivity index (χ4v) is 1.45. The number of halogens is 4. The molecule has 0 aromatic heterocycles. The van der Waals surface area contributed by atoms with E-state index >= 15 is 0 Å². The molecule has 0 bridgehead atoms. The number of hydrogen-bond acceptors (Lipinski definition) is 4. The summed E-state index contributed by atoms with van der Waals surface area (Å²) >= 11 is 0. The van der Waals surface area contributed by atoms with Gasteiger partial charge in [0.1, 0.15) is 12.4 Å². The molecule has 0 aliphatic rings. The predicted molar refractivity (Wildman–Crippen MR) is 67.3 cm³/mol. The number of alkyl halides is 3. The van der Waals surface area contributed by atoms with Crippen LogP contribution in [0, 0.1) is 5.82 Å². The molecule has 0 saturated heterocycles. The average Bonchev–Trinajstić information content (AvgIpc) is 2.39. The first-order valence-electron chi connectivity index (χ1n) is 6.18. The lowest BCUT2D eigenvalue weighted by Gasteiger charge is -2.11. The van der Waals surface area contributed by atoms with Gasteiger partial charge in [-0.1, -0.05) is 0 Å². The number of rotatable bonds is 7. The van der Waals surface area contributed by atoms with Crippen LogP contribution in [0.3, 0.4) is 0 Å². The van der Waals surface area contributed by atoms with E-state index in [2.05, 4.69) is 10.1 Å². The van der Waals surface area contributed by atoms with Crippen molar-refractivity contribution in [1.82, 2.24) is 0 Å². The van der Waals surface area contributed by atoms with Crippen LogP contribution in [0.5, 0.6) is 0 Å². The second-order valence-corrected chi connectivity index (χ2v) is 3.98. The van der Waals surface area contributed by atoms with E-state index in [1.807, 2.05) is 0 Å². The first kappa shape index (κ1) is 17.2. The number of hydrogen-bond donors (Lipinski definition) is 1. The Bertz CT molecular complexity index is 477. The Balaban J connectivity index is 2.43. The molecular formula is C13H15F4NO3.